The van der Waals surface area contributed by atoms with Crippen LogP contribution < -0.4 is 14.8 Å². The summed E-state index contributed by atoms with van der Waals surface area (Å²) in [6.45, 7) is 2.28. The van der Waals surface area contributed by atoms with Crippen LogP contribution in [0.1, 0.15) is 20.7 Å². The number of esters is 1. The molecule has 2 amide bonds. The van der Waals surface area contributed by atoms with Gasteiger partial charge in [0.1, 0.15) is 0 Å². The molecule has 3 rings (SSSR count). The molecule has 10 heteroatoms. The SMILES string of the molecule is COC(=O)c1ccccc1NC(=O)CN1CCN(C(=O)c2ccc(OC)c(OC)c2)CC1.Cl. The number of rotatable bonds is 7. The number of methoxy groups -OCH3 is 3. The van der Waals surface area contributed by atoms with Crippen molar-refractivity contribution in [3.8, 4) is 11.5 Å². The largest absolute Gasteiger partial charge is 0.493 e. The van der Waals surface area contributed by atoms with Crippen LogP contribution in [0.5, 0.6) is 11.5 Å². The van der Waals surface area contributed by atoms with E-state index in [4.69, 9.17) is 14.2 Å². The summed E-state index contributed by atoms with van der Waals surface area (Å²) < 4.78 is 15.2. The normalized spacial score (nSPS) is 13.5. The number of anilines is 1. The summed E-state index contributed by atoms with van der Waals surface area (Å²) in [6, 6.07) is 11.8. The Morgan fingerprint density at radius 3 is 2.21 bits per heavy atom. The molecule has 2 aromatic carbocycles. The minimum atomic E-state index is -0.511. The maximum atomic E-state index is 12.9. The number of piperazine rings is 1. The fourth-order valence-electron chi connectivity index (χ4n) is 3.53. The number of carbonyl (C=O) groups is 3. The van der Waals surface area contributed by atoms with Crippen molar-refractivity contribution in [2.24, 2.45) is 0 Å². The molecule has 9 nitrogen and oxygen atoms in total. The Labute approximate surface area is 199 Å². The molecule has 178 valence electrons. The van der Waals surface area contributed by atoms with Gasteiger partial charge >= 0.3 is 5.97 Å². The molecule has 1 heterocycles. The monoisotopic (exact) mass is 477 g/mol. The lowest BCUT2D eigenvalue weighted by Gasteiger charge is -2.34. The molecule has 1 saturated heterocycles. The molecule has 1 N–H and O–H groups in total. The Hall–Kier alpha value is -3.30. The Morgan fingerprint density at radius 2 is 1.58 bits per heavy atom. The van der Waals surface area contributed by atoms with Gasteiger partial charge < -0.3 is 24.4 Å². The molecule has 2 aromatic rings. The van der Waals surface area contributed by atoms with Gasteiger partial charge in [0.15, 0.2) is 11.5 Å². The van der Waals surface area contributed by atoms with Crippen LogP contribution in [0.3, 0.4) is 0 Å². The van der Waals surface area contributed by atoms with Crippen LogP contribution in [0.2, 0.25) is 0 Å². The number of ether oxygens (including phenoxy) is 3. The highest BCUT2D eigenvalue weighted by Gasteiger charge is 2.24. The third-order valence-electron chi connectivity index (χ3n) is 5.26. The van der Waals surface area contributed by atoms with Gasteiger partial charge in [0, 0.05) is 31.7 Å². The van der Waals surface area contributed by atoms with E-state index >= 15 is 0 Å². The zero-order chi connectivity index (χ0) is 23.1. The van der Waals surface area contributed by atoms with E-state index in [0.29, 0.717) is 54.5 Å². The highest BCUT2D eigenvalue weighted by Crippen LogP contribution is 2.28. The zero-order valence-electron chi connectivity index (χ0n) is 18.8. The van der Waals surface area contributed by atoms with Crippen LogP contribution in [-0.4, -0.2) is 81.6 Å². The predicted octanol–water partition coefficient (Wildman–Crippen LogP) is 2.31. The molecule has 0 unspecified atom stereocenters. The van der Waals surface area contributed by atoms with E-state index in [-0.39, 0.29) is 30.8 Å². The maximum Gasteiger partial charge on any atom is 0.339 e. The van der Waals surface area contributed by atoms with Crippen LogP contribution in [0, 0.1) is 0 Å². The van der Waals surface area contributed by atoms with Gasteiger partial charge in [-0.3, -0.25) is 14.5 Å². The smallest absolute Gasteiger partial charge is 0.339 e. The molecule has 0 radical (unpaired) electrons. The maximum absolute atomic E-state index is 12.9. The minimum Gasteiger partial charge on any atom is -0.493 e. The molecule has 33 heavy (non-hydrogen) atoms. The van der Waals surface area contributed by atoms with Gasteiger partial charge in [0.2, 0.25) is 5.91 Å². The van der Waals surface area contributed by atoms with Gasteiger partial charge in [-0.2, -0.15) is 0 Å². The standard InChI is InChI=1S/C23H27N3O6.ClH/c1-30-19-9-8-16(14-20(19)31-2)22(28)26-12-10-25(11-13-26)15-21(27)24-18-7-5-4-6-17(18)23(29)32-3;/h4-9,14H,10-13,15H2,1-3H3,(H,24,27);1H. The topological polar surface area (TPSA) is 97.4 Å². The molecular weight excluding hydrogens is 450 g/mol. The van der Waals surface area contributed by atoms with Crippen molar-refractivity contribution in [1.29, 1.82) is 0 Å². The summed E-state index contributed by atoms with van der Waals surface area (Å²) in [5.41, 5.74) is 1.23. The Morgan fingerprint density at radius 1 is 0.909 bits per heavy atom. The molecule has 0 saturated carbocycles. The average molecular weight is 478 g/mol. The zero-order valence-corrected chi connectivity index (χ0v) is 19.6. The van der Waals surface area contributed by atoms with E-state index in [1.54, 1.807) is 54.5 Å². The van der Waals surface area contributed by atoms with Crippen molar-refractivity contribution in [3.63, 3.8) is 0 Å². The van der Waals surface area contributed by atoms with E-state index in [9.17, 15) is 14.4 Å². The van der Waals surface area contributed by atoms with Gasteiger partial charge in [-0.05, 0) is 30.3 Å². The summed E-state index contributed by atoms with van der Waals surface area (Å²) in [5, 5.41) is 2.77. The van der Waals surface area contributed by atoms with E-state index in [1.807, 2.05) is 4.90 Å². The van der Waals surface area contributed by atoms with Gasteiger partial charge in [-0.25, -0.2) is 4.79 Å². The fraction of sp³-hybridized carbons (Fsp3) is 0.348. The Bertz CT molecular complexity index is 992. The predicted molar refractivity (Wildman–Crippen MR) is 126 cm³/mol. The summed E-state index contributed by atoms with van der Waals surface area (Å²) >= 11 is 0. The quantitative estimate of drug-likeness (QED) is 0.611. The van der Waals surface area contributed by atoms with Crippen molar-refractivity contribution in [2.75, 3.05) is 59.4 Å². The molecule has 1 fully saturated rings. The number of carbonyl (C=O) groups excluding carboxylic acids is 3. The van der Waals surface area contributed by atoms with Crippen molar-refractivity contribution in [1.82, 2.24) is 9.80 Å². The van der Waals surface area contributed by atoms with Crippen LogP contribution >= 0.6 is 12.4 Å². The number of hydrogen-bond donors (Lipinski definition) is 1. The number of benzene rings is 2. The molecular formula is C23H28ClN3O6. The second kappa shape index (κ2) is 12.1. The summed E-state index contributed by atoms with van der Waals surface area (Å²) in [6.07, 6.45) is 0. The number of amides is 2. The second-order valence-electron chi connectivity index (χ2n) is 7.22. The van der Waals surface area contributed by atoms with E-state index in [0.717, 1.165) is 0 Å². The third kappa shape index (κ3) is 6.36. The first-order chi connectivity index (χ1) is 15.5. The van der Waals surface area contributed by atoms with Crippen LogP contribution in [0.4, 0.5) is 5.69 Å². The third-order valence-corrected chi connectivity index (χ3v) is 5.26. The van der Waals surface area contributed by atoms with Gasteiger partial charge in [-0.15, -0.1) is 12.4 Å². The van der Waals surface area contributed by atoms with Crippen LogP contribution in [-0.2, 0) is 9.53 Å². The van der Waals surface area contributed by atoms with Crippen molar-refractivity contribution in [2.45, 2.75) is 0 Å². The highest BCUT2D eigenvalue weighted by atomic mass is 35.5. The summed E-state index contributed by atoms with van der Waals surface area (Å²) in [7, 11) is 4.37. The number of nitrogens with one attached hydrogen (secondary N) is 1. The molecule has 1 aliphatic heterocycles. The lowest BCUT2D eigenvalue weighted by atomic mass is 10.1. The number of hydrogen-bond acceptors (Lipinski definition) is 7. The Balaban J connectivity index is 0.00000385. The lowest BCUT2D eigenvalue weighted by molar-refractivity contribution is -0.117. The van der Waals surface area contributed by atoms with Gasteiger partial charge in [-0.1, -0.05) is 12.1 Å². The first-order valence-corrected chi connectivity index (χ1v) is 10.2. The lowest BCUT2D eigenvalue weighted by Crippen LogP contribution is -2.50. The summed E-state index contributed by atoms with van der Waals surface area (Å²) in [4.78, 5) is 40.9. The van der Waals surface area contributed by atoms with E-state index in [1.165, 1.54) is 14.2 Å². The minimum absolute atomic E-state index is 0. The van der Waals surface area contributed by atoms with Crippen LogP contribution in [0.25, 0.3) is 0 Å². The van der Waals surface area contributed by atoms with Gasteiger partial charge in [0.25, 0.3) is 5.91 Å². The van der Waals surface area contributed by atoms with Crippen molar-refractivity contribution >= 4 is 35.9 Å². The highest BCUT2D eigenvalue weighted by molar-refractivity contribution is 6.01. The number of halogens is 1. The second-order valence-corrected chi connectivity index (χ2v) is 7.22. The van der Waals surface area contributed by atoms with Gasteiger partial charge in [0.05, 0.1) is 39.1 Å². The molecule has 0 aliphatic carbocycles. The molecule has 1 aliphatic rings. The first kappa shape index (κ1) is 26.0. The number of para-hydroxylation sites is 1. The summed E-state index contributed by atoms with van der Waals surface area (Å²) in [5.74, 6) is 0.223. The molecule has 0 spiro atoms. The van der Waals surface area contributed by atoms with Crippen molar-refractivity contribution < 1.29 is 28.6 Å². The van der Waals surface area contributed by atoms with E-state index in [2.05, 4.69) is 5.32 Å². The average Bonchev–Trinajstić information content (AvgIpc) is 2.83. The fourth-order valence-corrected chi connectivity index (χ4v) is 3.53. The Kier molecular flexibility index (Phi) is 9.50. The van der Waals surface area contributed by atoms with E-state index < -0.39 is 5.97 Å². The van der Waals surface area contributed by atoms with Crippen LogP contribution in [0.15, 0.2) is 42.5 Å². The molecule has 0 aromatic heterocycles. The molecule has 0 bridgehead atoms. The molecule has 0 atom stereocenters. The van der Waals surface area contributed by atoms with Crippen molar-refractivity contribution in [3.05, 3.63) is 53.6 Å². The number of nitrogens with zero attached hydrogens (tertiary/aromatic N) is 2. The first-order valence-electron chi connectivity index (χ1n) is 10.2.